The lowest BCUT2D eigenvalue weighted by Crippen LogP contribution is -2.00. The standard InChI is InChI=1S/C16H20O4/c1-19-15-11(7-9-17)3-6-14-13(15)5-4-12(8-10-18)16(14)20-2/h3-6,17-18H,7-10H2,1-2H3. The summed E-state index contributed by atoms with van der Waals surface area (Å²) in [7, 11) is 3.26. The van der Waals surface area contributed by atoms with Crippen LogP contribution in [-0.2, 0) is 12.8 Å². The Morgan fingerprint density at radius 3 is 1.45 bits per heavy atom. The van der Waals surface area contributed by atoms with Crippen molar-refractivity contribution in [1.82, 2.24) is 0 Å². The Morgan fingerprint density at radius 2 is 1.15 bits per heavy atom. The van der Waals surface area contributed by atoms with E-state index in [9.17, 15) is 0 Å². The summed E-state index contributed by atoms with van der Waals surface area (Å²) in [4.78, 5) is 0. The van der Waals surface area contributed by atoms with E-state index in [-0.39, 0.29) is 13.2 Å². The first kappa shape index (κ1) is 14.6. The quantitative estimate of drug-likeness (QED) is 0.846. The lowest BCUT2D eigenvalue weighted by molar-refractivity contribution is 0.296. The molecule has 0 unspecified atom stereocenters. The molecule has 2 rings (SSSR count). The van der Waals surface area contributed by atoms with E-state index in [0.717, 1.165) is 33.4 Å². The second kappa shape index (κ2) is 6.59. The van der Waals surface area contributed by atoms with Gasteiger partial charge in [0.1, 0.15) is 11.5 Å². The van der Waals surface area contributed by atoms with Crippen molar-refractivity contribution in [3.63, 3.8) is 0 Å². The Kier molecular flexibility index (Phi) is 4.82. The number of methoxy groups -OCH3 is 2. The van der Waals surface area contributed by atoms with Crippen molar-refractivity contribution in [3.05, 3.63) is 35.4 Å². The molecule has 4 nitrogen and oxygen atoms in total. The summed E-state index contributed by atoms with van der Waals surface area (Å²) in [5.74, 6) is 1.54. The van der Waals surface area contributed by atoms with Gasteiger partial charge in [-0.25, -0.2) is 0 Å². The Labute approximate surface area is 118 Å². The van der Waals surface area contributed by atoms with Gasteiger partial charge in [-0.3, -0.25) is 0 Å². The van der Waals surface area contributed by atoms with Crippen LogP contribution in [0.1, 0.15) is 11.1 Å². The van der Waals surface area contributed by atoms with Gasteiger partial charge in [-0.1, -0.05) is 24.3 Å². The summed E-state index contributed by atoms with van der Waals surface area (Å²) in [6.45, 7) is 0.170. The summed E-state index contributed by atoms with van der Waals surface area (Å²) in [5.41, 5.74) is 1.94. The molecular formula is C16H20O4. The van der Waals surface area contributed by atoms with Crippen LogP contribution in [0, 0.1) is 0 Å². The number of rotatable bonds is 6. The molecule has 0 saturated carbocycles. The Hall–Kier alpha value is -1.78. The van der Waals surface area contributed by atoms with E-state index in [1.807, 2.05) is 24.3 Å². The SMILES string of the molecule is COc1c(CCO)ccc2c(OC)c(CCO)ccc12. The molecule has 4 heteroatoms. The van der Waals surface area contributed by atoms with Gasteiger partial charge in [0.15, 0.2) is 0 Å². The van der Waals surface area contributed by atoms with Crippen molar-refractivity contribution >= 4 is 10.8 Å². The molecular weight excluding hydrogens is 256 g/mol. The summed E-state index contributed by atoms with van der Waals surface area (Å²) in [6.07, 6.45) is 1.11. The number of benzene rings is 2. The molecule has 2 aromatic rings. The minimum Gasteiger partial charge on any atom is -0.496 e. The molecule has 0 aliphatic rings. The minimum atomic E-state index is 0.0849. The van der Waals surface area contributed by atoms with E-state index in [1.165, 1.54) is 0 Å². The smallest absolute Gasteiger partial charge is 0.130 e. The summed E-state index contributed by atoms with van der Waals surface area (Å²) in [6, 6.07) is 7.84. The molecule has 0 fully saturated rings. The lowest BCUT2D eigenvalue weighted by Gasteiger charge is -2.15. The van der Waals surface area contributed by atoms with E-state index in [0.29, 0.717) is 12.8 Å². The number of hydrogen-bond acceptors (Lipinski definition) is 4. The molecule has 0 aliphatic carbocycles. The van der Waals surface area contributed by atoms with Gasteiger partial charge in [-0.15, -0.1) is 0 Å². The fourth-order valence-corrected chi connectivity index (χ4v) is 2.56. The van der Waals surface area contributed by atoms with E-state index >= 15 is 0 Å². The molecule has 0 aromatic heterocycles. The van der Waals surface area contributed by atoms with Crippen LogP contribution in [-0.4, -0.2) is 37.6 Å². The Bertz CT molecular complexity index is 539. The molecule has 0 aliphatic heterocycles. The monoisotopic (exact) mass is 276 g/mol. The Balaban J connectivity index is 2.67. The third-order valence-corrected chi connectivity index (χ3v) is 3.44. The maximum Gasteiger partial charge on any atom is 0.130 e. The number of ether oxygens (including phenoxy) is 2. The zero-order chi connectivity index (χ0) is 14.5. The highest BCUT2D eigenvalue weighted by Crippen LogP contribution is 2.37. The average molecular weight is 276 g/mol. The predicted octanol–water partition coefficient (Wildman–Crippen LogP) is 1.93. The fraction of sp³-hybridized carbons (Fsp3) is 0.375. The van der Waals surface area contributed by atoms with Crippen LogP contribution in [0.5, 0.6) is 11.5 Å². The summed E-state index contributed by atoms with van der Waals surface area (Å²) < 4.78 is 11.0. The molecule has 108 valence electrons. The summed E-state index contributed by atoms with van der Waals surface area (Å²) in [5, 5.41) is 20.1. The molecule has 0 bridgehead atoms. The van der Waals surface area contributed by atoms with Gasteiger partial charge in [0.2, 0.25) is 0 Å². The van der Waals surface area contributed by atoms with Crippen molar-refractivity contribution in [3.8, 4) is 11.5 Å². The zero-order valence-corrected chi connectivity index (χ0v) is 11.8. The molecule has 0 amide bonds. The summed E-state index contributed by atoms with van der Waals surface area (Å²) >= 11 is 0. The molecule has 20 heavy (non-hydrogen) atoms. The van der Waals surface area contributed by atoms with Crippen LogP contribution < -0.4 is 9.47 Å². The van der Waals surface area contributed by atoms with Crippen LogP contribution in [0.2, 0.25) is 0 Å². The van der Waals surface area contributed by atoms with Gasteiger partial charge in [0.05, 0.1) is 14.2 Å². The van der Waals surface area contributed by atoms with Crippen molar-refractivity contribution in [2.75, 3.05) is 27.4 Å². The van der Waals surface area contributed by atoms with E-state index < -0.39 is 0 Å². The molecule has 0 radical (unpaired) electrons. The number of hydrogen-bond donors (Lipinski definition) is 2. The van der Waals surface area contributed by atoms with E-state index in [4.69, 9.17) is 19.7 Å². The van der Waals surface area contributed by atoms with Gasteiger partial charge in [-0.2, -0.15) is 0 Å². The third kappa shape index (κ3) is 2.57. The van der Waals surface area contributed by atoms with Crippen molar-refractivity contribution in [2.45, 2.75) is 12.8 Å². The minimum absolute atomic E-state index is 0.0849. The molecule has 2 aromatic carbocycles. The molecule has 0 spiro atoms. The average Bonchev–Trinajstić information content (AvgIpc) is 2.47. The second-order valence-electron chi connectivity index (χ2n) is 4.56. The van der Waals surface area contributed by atoms with E-state index in [1.54, 1.807) is 14.2 Å². The first-order valence-electron chi connectivity index (χ1n) is 6.64. The van der Waals surface area contributed by atoms with Crippen LogP contribution in [0.3, 0.4) is 0 Å². The first-order valence-corrected chi connectivity index (χ1v) is 6.64. The van der Waals surface area contributed by atoms with E-state index in [2.05, 4.69) is 0 Å². The normalized spacial score (nSPS) is 10.8. The lowest BCUT2D eigenvalue weighted by atomic mass is 9.99. The van der Waals surface area contributed by atoms with Gasteiger partial charge >= 0.3 is 0 Å². The molecule has 0 atom stereocenters. The van der Waals surface area contributed by atoms with Crippen LogP contribution in [0.4, 0.5) is 0 Å². The maximum atomic E-state index is 9.12. The van der Waals surface area contributed by atoms with Gasteiger partial charge < -0.3 is 19.7 Å². The highest BCUT2D eigenvalue weighted by atomic mass is 16.5. The van der Waals surface area contributed by atoms with Crippen LogP contribution in [0.25, 0.3) is 10.8 Å². The zero-order valence-electron chi connectivity index (χ0n) is 11.8. The molecule has 0 saturated heterocycles. The maximum absolute atomic E-state index is 9.12. The Morgan fingerprint density at radius 1 is 0.750 bits per heavy atom. The molecule has 2 N–H and O–H groups in total. The van der Waals surface area contributed by atoms with Crippen LogP contribution >= 0.6 is 0 Å². The number of aliphatic hydroxyl groups excluding tert-OH is 2. The van der Waals surface area contributed by atoms with Gasteiger partial charge in [0, 0.05) is 24.0 Å². The second-order valence-corrected chi connectivity index (χ2v) is 4.56. The fourth-order valence-electron chi connectivity index (χ4n) is 2.56. The number of fused-ring (bicyclic) bond motifs is 1. The number of aliphatic hydroxyl groups is 2. The molecule has 0 heterocycles. The van der Waals surface area contributed by atoms with Crippen molar-refractivity contribution < 1.29 is 19.7 Å². The highest BCUT2D eigenvalue weighted by Gasteiger charge is 2.13. The first-order chi connectivity index (χ1) is 9.76. The van der Waals surface area contributed by atoms with Crippen molar-refractivity contribution in [2.24, 2.45) is 0 Å². The van der Waals surface area contributed by atoms with Crippen LogP contribution in [0.15, 0.2) is 24.3 Å². The van der Waals surface area contributed by atoms with Gasteiger partial charge in [-0.05, 0) is 24.0 Å². The van der Waals surface area contributed by atoms with Gasteiger partial charge in [0.25, 0.3) is 0 Å². The topological polar surface area (TPSA) is 58.9 Å². The third-order valence-electron chi connectivity index (χ3n) is 3.44. The highest BCUT2D eigenvalue weighted by molar-refractivity contribution is 5.95. The van der Waals surface area contributed by atoms with Crippen molar-refractivity contribution in [1.29, 1.82) is 0 Å². The largest absolute Gasteiger partial charge is 0.496 e. The predicted molar refractivity (Wildman–Crippen MR) is 78.6 cm³/mol.